The van der Waals surface area contributed by atoms with E-state index >= 15 is 0 Å². The summed E-state index contributed by atoms with van der Waals surface area (Å²) in [6, 6.07) is 14.5. The molecular weight excluding hydrogens is 368 g/mol. The Bertz CT molecular complexity index is 805. The first-order chi connectivity index (χ1) is 13.9. The van der Waals surface area contributed by atoms with Crippen LogP contribution >= 0.6 is 0 Å². The molecule has 2 atom stereocenters. The quantitative estimate of drug-likeness (QED) is 0.620. The zero-order valence-corrected chi connectivity index (χ0v) is 17.5. The zero-order valence-electron chi connectivity index (χ0n) is 17.5. The molecule has 156 valence electrons. The molecule has 0 bridgehead atoms. The molecule has 0 radical (unpaired) electrons. The second-order valence-electron chi connectivity index (χ2n) is 7.03. The molecule has 6 heteroatoms. The fraction of sp³-hybridized carbons (Fsp3) is 0.391. The summed E-state index contributed by atoms with van der Waals surface area (Å²) in [5, 5.41) is 0. The maximum atomic E-state index is 12.2. The number of ether oxygens (including phenoxy) is 2. The summed E-state index contributed by atoms with van der Waals surface area (Å²) in [4.78, 5) is 24.2. The predicted molar refractivity (Wildman–Crippen MR) is 113 cm³/mol. The van der Waals surface area contributed by atoms with Crippen LogP contribution in [-0.2, 0) is 4.79 Å². The summed E-state index contributed by atoms with van der Waals surface area (Å²) in [5.41, 5.74) is 6.37. The van der Waals surface area contributed by atoms with Gasteiger partial charge in [0.25, 0.3) is 11.8 Å². The number of rotatable bonds is 9. The van der Waals surface area contributed by atoms with Gasteiger partial charge in [-0.2, -0.15) is 0 Å². The largest absolute Gasteiger partial charge is 0.491 e. The Balaban J connectivity index is 1.80. The first-order valence-electron chi connectivity index (χ1n) is 10.0. The van der Waals surface area contributed by atoms with E-state index in [1.165, 1.54) is 5.56 Å². The lowest BCUT2D eigenvalue weighted by Gasteiger charge is -2.13. The standard InChI is InChI=1S/C23H30N2O4/c1-5-16(3)18-10-12-20(13-11-18)28-15-22(26)24-25-23(27)19-8-7-9-21(14-19)29-17(4)6-2/h7-14,16-17H,5-6,15H2,1-4H3,(H,24,26)(H,25,27). The molecule has 0 aliphatic rings. The van der Waals surface area contributed by atoms with E-state index in [4.69, 9.17) is 9.47 Å². The second kappa shape index (κ2) is 11.1. The lowest BCUT2D eigenvalue weighted by Crippen LogP contribution is -2.43. The van der Waals surface area contributed by atoms with Gasteiger partial charge in [-0.1, -0.05) is 39.0 Å². The number of hydrogen-bond acceptors (Lipinski definition) is 4. The Labute approximate surface area is 172 Å². The van der Waals surface area contributed by atoms with Crippen LogP contribution in [0.5, 0.6) is 11.5 Å². The SMILES string of the molecule is CCC(C)Oc1cccc(C(=O)NNC(=O)COc2ccc(C(C)CC)cc2)c1. The van der Waals surface area contributed by atoms with E-state index in [2.05, 4.69) is 24.7 Å². The summed E-state index contributed by atoms with van der Waals surface area (Å²) < 4.78 is 11.2. The highest BCUT2D eigenvalue weighted by atomic mass is 16.5. The van der Waals surface area contributed by atoms with Crippen LogP contribution in [-0.4, -0.2) is 24.5 Å². The number of amides is 2. The summed E-state index contributed by atoms with van der Waals surface area (Å²) in [5.74, 6) is 0.829. The normalized spacial score (nSPS) is 12.6. The van der Waals surface area contributed by atoms with Gasteiger partial charge in [0, 0.05) is 5.56 Å². The minimum atomic E-state index is -0.448. The van der Waals surface area contributed by atoms with Crippen LogP contribution in [0.3, 0.4) is 0 Å². The fourth-order valence-electron chi connectivity index (χ4n) is 2.54. The topological polar surface area (TPSA) is 76.7 Å². The zero-order chi connectivity index (χ0) is 21.2. The molecule has 0 spiro atoms. The summed E-state index contributed by atoms with van der Waals surface area (Å²) >= 11 is 0. The van der Waals surface area contributed by atoms with Gasteiger partial charge in [0.1, 0.15) is 11.5 Å². The molecule has 2 rings (SSSR count). The van der Waals surface area contributed by atoms with Crippen LogP contribution in [0.2, 0.25) is 0 Å². The van der Waals surface area contributed by atoms with Crippen molar-refractivity contribution in [2.24, 2.45) is 0 Å². The van der Waals surface area contributed by atoms with Crippen molar-refractivity contribution < 1.29 is 19.1 Å². The minimum Gasteiger partial charge on any atom is -0.491 e. The predicted octanol–water partition coefficient (Wildman–Crippen LogP) is 4.22. The molecule has 0 saturated heterocycles. The molecule has 2 aromatic rings. The number of carbonyl (C=O) groups excluding carboxylic acids is 2. The highest BCUT2D eigenvalue weighted by Crippen LogP contribution is 2.21. The van der Waals surface area contributed by atoms with Crippen molar-refractivity contribution in [2.75, 3.05) is 6.61 Å². The van der Waals surface area contributed by atoms with Crippen molar-refractivity contribution in [3.05, 3.63) is 59.7 Å². The molecule has 2 amide bonds. The van der Waals surface area contributed by atoms with Gasteiger partial charge in [0.2, 0.25) is 0 Å². The Hall–Kier alpha value is -3.02. The molecule has 0 heterocycles. The minimum absolute atomic E-state index is 0.0596. The molecule has 0 fully saturated rings. The van der Waals surface area contributed by atoms with Crippen molar-refractivity contribution in [2.45, 2.75) is 52.6 Å². The molecule has 2 aromatic carbocycles. The third kappa shape index (κ3) is 7.14. The van der Waals surface area contributed by atoms with Gasteiger partial charge in [-0.3, -0.25) is 20.4 Å². The molecule has 0 saturated carbocycles. The van der Waals surface area contributed by atoms with E-state index in [0.29, 0.717) is 23.0 Å². The summed E-state index contributed by atoms with van der Waals surface area (Å²) in [6.07, 6.45) is 1.99. The van der Waals surface area contributed by atoms with E-state index in [1.54, 1.807) is 24.3 Å². The van der Waals surface area contributed by atoms with Gasteiger partial charge in [-0.25, -0.2) is 0 Å². The van der Waals surface area contributed by atoms with Gasteiger partial charge in [-0.05, 0) is 61.6 Å². The Morgan fingerprint density at radius 3 is 2.31 bits per heavy atom. The van der Waals surface area contributed by atoms with Crippen molar-refractivity contribution in [1.82, 2.24) is 10.9 Å². The van der Waals surface area contributed by atoms with E-state index in [0.717, 1.165) is 12.8 Å². The highest BCUT2D eigenvalue weighted by Gasteiger charge is 2.10. The van der Waals surface area contributed by atoms with Crippen molar-refractivity contribution >= 4 is 11.8 Å². The summed E-state index contributed by atoms with van der Waals surface area (Å²) in [6.45, 7) is 8.10. The molecule has 0 aliphatic heterocycles. The first-order valence-corrected chi connectivity index (χ1v) is 10.0. The van der Waals surface area contributed by atoms with Crippen LogP contribution in [0, 0.1) is 0 Å². The molecule has 2 N–H and O–H groups in total. The van der Waals surface area contributed by atoms with Gasteiger partial charge < -0.3 is 9.47 Å². The molecule has 2 unspecified atom stereocenters. The maximum absolute atomic E-state index is 12.2. The van der Waals surface area contributed by atoms with Crippen molar-refractivity contribution in [3.8, 4) is 11.5 Å². The van der Waals surface area contributed by atoms with E-state index < -0.39 is 11.8 Å². The van der Waals surface area contributed by atoms with Crippen LogP contribution in [0.1, 0.15) is 62.4 Å². The monoisotopic (exact) mass is 398 g/mol. The number of benzene rings is 2. The first kappa shape index (κ1) is 22.3. The van der Waals surface area contributed by atoms with Gasteiger partial charge >= 0.3 is 0 Å². The molecule has 0 aliphatic carbocycles. The van der Waals surface area contributed by atoms with Crippen LogP contribution in [0.4, 0.5) is 0 Å². The van der Waals surface area contributed by atoms with E-state index in [-0.39, 0.29) is 12.7 Å². The molecule has 0 aromatic heterocycles. The number of hydrazine groups is 1. The molecule has 6 nitrogen and oxygen atoms in total. The lowest BCUT2D eigenvalue weighted by molar-refractivity contribution is -0.123. The molecular formula is C23H30N2O4. The lowest BCUT2D eigenvalue weighted by atomic mass is 9.99. The average molecular weight is 399 g/mol. The van der Waals surface area contributed by atoms with Crippen LogP contribution in [0.25, 0.3) is 0 Å². The second-order valence-corrected chi connectivity index (χ2v) is 7.03. The maximum Gasteiger partial charge on any atom is 0.276 e. The van der Waals surface area contributed by atoms with Gasteiger partial charge in [0.05, 0.1) is 6.10 Å². The Morgan fingerprint density at radius 2 is 1.66 bits per heavy atom. The fourth-order valence-corrected chi connectivity index (χ4v) is 2.54. The molecule has 29 heavy (non-hydrogen) atoms. The third-order valence-electron chi connectivity index (χ3n) is 4.76. The van der Waals surface area contributed by atoms with E-state index in [1.807, 2.05) is 38.1 Å². The third-order valence-corrected chi connectivity index (χ3v) is 4.76. The van der Waals surface area contributed by atoms with Crippen LogP contribution in [0.15, 0.2) is 48.5 Å². The summed E-state index contributed by atoms with van der Waals surface area (Å²) in [7, 11) is 0. The van der Waals surface area contributed by atoms with Gasteiger partial charge in [-0.15, -0.1) is 0 Å². The van der Waals surface area contributed by atoms with Crippen molar-refractivity contribution in [3.63, 3.8) is 0 Å². The Kier molecular flexibility index (Phi) is 8.52. The number of nitrogens with one attached hydrogen (secondary N) is 2. The Morgan fingerprint density at radius 1 is 0.931 bits per heavy atom. The van der Waals surface area contributed by atoms with E-state index in [9.17, 15) is 9.59 Å². The van der Waals surface area contributed by atoms with Crippen molar-refractivity contribution in [1.29, 1.82) is 0 Å². The van der Waals surface area contributed by atoms with Crippen LogP contribution < -0.4 is 20.3 Å². The van der Waals surface area contributed by atoms with Gasteiger partial charge in [0.15, 0.2) is 6.61 Å². The number of hydrogen-bond donors (Lipinski definition) is 2. The number of carbonyl (C=O) groups is 2. The smallest absolute Gasteiger partial charge is 0.276 e. The highest BCUT2D eigenvalue weighted by molar-refractivity contribution is 5.95. The average Bonchev–Trinajstić information content (AvgIpc) is 2.75.